The summed E-state index contributed by atoms with van der Waals surface area (Å²) < 4.78 is 42.3. The molecule has 0 saturated carbocycles. The predicted octanol–water partition coefficient (Wildman–Crippen LogP) is 4.61. The lowest BCUT2D eigenvalue weighted by Gasteiger charge is -2.28. The molecule has 39 heavy (non-hydrogen) atoms. The Hall–Kier alpha value is -3.60. The van der Waals surface area contributed by atoms with Gasteiger partial charge in [0.05, 0.1) is 6.04 Å². The highest BCUT2D eigenvalue weighted by Crippen LogP contribution is 2.35. The molecule has 0 aliphatic carbocycles. The lowest BCUT2D eigenvalue weighted by molar-refractivity contribution is -0.274. The Morgan fingerprint density at radius 3 is 2.44 bits per heavy atom. The van der Waals surface area contributed by atoms with E-state index in [1.165, 1.54) is 23.1 Å². The molecule has 1 saturated heterocycles. The third-order valence-electron chi connectivity index (χ3n) is 6.43. The molecule has 0 spiro atoms. The summed E-state index contributed by atoms with van der Waals surface area (Å²) in [5.74, 6) is -2.05. The van der Waals surface area contributed by atoms with Crippen molar-refractivity contribution in [3.05, 3.63) is 88.9 Å². The van der Waals surface area contributed by atoms with Gasteiger partial charge < -0.3 is 25.2 Å². The Kier molecular flexibility index (Phi) is 8.79. The van der Waals surface area contributed by atoms with Crippen LogP contribution in [0.2, 0.25) is 5.02 Å². The van der Waals surface area contributed by atoms with Crippen LogP contribution in [0.3, 0.4) is 0 Å². The van der Waals surface area contributed by atoms with Crippen molar-refractivity contribution in [1.29, 1.82) is 0 Å². The number of carbonyl (C=O) groups excluding carboxylic acids is 2. The maximum atomic E-state index is 12.9. The van der Waals surface area contributed by atoms with Gasteiger partial charge in [0.25, 0.3) is 11.8 Å². The Balaban J connectivity index is 1.36. The van der Waals surface area contributed by atoms with Crippen molar-refractivity contribution in [1.82, 2.24) is 10.2 Å². The summed E-state index contributed by atoms with van der Waals surface area (Å²) >= 11 is 6.07. The SMILES string of the molecule is O=C(NCc1ccc(-c2ccccc2OC(F)(F)F)cc1)[C@H](O)[C@@H](O)C(=O)N1CCCC1c1cccc(Cl)c1. The third-order valence-corrected chi connectivity index (χ3v) is 6.67. The van der Waals surface area contributed by atoms with Crippen molar-refractivity contribution in [3.8, 4) is 16.9 Å². The van der Waals surface area contributed by atoms with Gasteiger partial charge in [-0.25, -0.2) is 0 Å². The number of nitrogens with zero attached hydrogens (tertiary/aromatic N) is 1. The summed E-state index contributed by atoms with van der Waals surface area (Å²) in [7, 11) is 0. The Labute approximate surface area is 227 Å². The Bertz CT molecular complexity index is 1320. The molecule has 3 aromatic rings. The van der Waals surface area contributed by atoms with Gasteiger partial charge in [-0.05, 0) is 47.7 Å². The van der Waals surface area contributed by atoms with Gasteiger partial charge in [0.2, 0.25) is 0 Å². The molecule has 3 N–H and O–H groups in total. The number of aliphatic hydroxyl groups excluding tert-OH is 2. The summed E-state index contributed by atoms with van der Waals surface area (Å²) in [5, 5.41) is 23.8. The molecule has 2 amide bonds. The van der Waals surface area contributed by atoms with Crippen LogP contribution in [-0.2, 0) is 16.1 Å². The number of amides is 2. The van der Waals surface area contributed by atoms with Crippen LogP contribution in [0, 0.1) is 0 Å². The summed E-state index contributed by atoms with van der Waals surface area (Å²) in [6.45, 7) is 0.317. The second-order valence-electron chi connectivity index (χ2n) is 9.09. The fraction of sp³-hybridized carbons (Fsp3) is 0.286. The van der Waals surface area contributed by atoms with E-state index < -0.39 is 30.4 Å². The largest absolute Gasteiger partial charge is 0.573 e. The smallest absolute Gasteiger partial charge is 0.405 e. The first-order valence-corrected chi connectivity index (χ1v) is 12.5. The number of halogens is 4. The summed E-state index contributed by atoms with van der Waals surface area (Å²) in [6.07, 6.45) is -7.44. The van der Waals surface area contributed by atoms with Gasteiger partial charge in [0, 0.05) is 23.7 Å². The fourth-order valence-electron chi connectivity index (χ4n) is 4.55. The second kappa shape index (κ2) is 12.1. The zero-order valence-corrected chi connectivity index (χ0v) is 21.3. The van der Waals surface area contributed by atoms with E-state index in [9.17, 15) is 33.0 Å². The maximum absolute atomic E-state index is 12.9. The monoisotopic (exact) mass is 562 g/mol. The van der Waals surface area contributed by atoms with Crippen LogP contribution in [0.15, 0.2) is 72.8 Å². The number of nitrogens with one attached hydrogen (secondary N) is 1. The number of para-hydroxylation sites is 1. The van der Waals surface area contributed by atoms with Crippen molar-refractivity contribution >= 4 is 23.4 Å². The highest BCUT2D eigenvalue weighted by atomic mass is 35.5. The topological polar surface area (TPSA) is 99.1 Å². The van der Waals surface area contributed by atoms with Gasteiger partial charge in [0.15, 0.2) is 12.2 Å². The number of carbonyl (C=O) groups is 2. The molecule has 0 aromatic heterocycles. The summed E-state index contributed by atoms with van der Waals surface area (Å²) in [5.41, 5.74) is 2.08. The van der Waals surface area contributed by atoms with E-state index in [2.05, 4.69) is 10.1 Å². The number of ether oxygens (including phenoxy) is 1. The number of likely N-dealkylation sites (tertiary alicyclic amines) is 1. The minimum atomic E-state index is -4.84. The van der Waals surface area contributed by atoms with E-state index in [0.29, 0.717) is 35.5 Å². The molecule has 1 heterocycles. The average molecular weight is 563 g/mol. The number of hydrogen-bond acceptors (Lipinski definition) is 5. The van der Waals surface area contributed by atoms with Crippen LogP contribution in [0.4, 0.5) is 13.2 Å². The molecule has 1 aliphatic heterocycles. The molecule has 3 aromatic carbocycles. The quantitative estimate of drug-likeness (QED) is 0.372. The summed E-state index contributed by atoms with van der Waals surface area (Å²) in [6, 6.07) is 18.7. The molecule has 1 fully saturated rings. The standard InChI is InChI=1S/C28H26ClF3N2O5/c29-20-6-3-5-19(15-20)22-8-4-14-34(22)27(38)25(36)24(35)26(37)33-16-17-10-12-18(13-11-17)21-7-1-2-9-23(21)39-28(30,31)32/h1-3,5-7,9-13,15,22,24-25,35-36H,4,8,14,16H2,(H,33,37)/t22?,24-,25-/m1/s1. The van der Waals surface area contributed by atoms with Crippen LogP contribution >= 0.6 is 11.6 Å². The Morgan fingerprint density at radius 1 is 1.03 bits per heavy atom. The molecule has 4 rings (SSSR count). The number of aliphatic hydroxyl groups is 2. The highest BCUT2D eigenvalue weighted by molar-refractivity contribution is 6.30. The molecule has 11 heteroatoms. The molecule has 1 unspecified atom stereocenters. The molecule has 0 bridgehead atoms. The summed E-state index contributed by atoms with van der Waals surface area (Å²) in [4.78, 5) is 26.9. The van der Waals surface area contributed by atoms with Crippen LogP contribution in [-0.4, -0.2) is 52.0 Å². The van der Waals surface area contributed by atoms with Gasteiger partial charge in [-0.3, -0.25) is 9.59 Å². The molecule has 7 nitrogen and oxygen atoms in total. The van der Waals surface area contributed by atoms with E-state index in [1.54, 1.807) is 48.5 Å². The minimum Gasteiger partial charge on any atom is -0.405 e. The highest BCUT2D eigenvalue weighted by Gasteiger charge is 2.38. The van der Waals surface area contributed by atoms with Gasteiger partial charge in [0.1, 0.15) is 5.75 Å². The van der Waals surface area contributed by atoms with E-state index in [1.807, 2.05) is 6.07 Å². The van der Waals surface area contributed by atoms with Crippen molar-refractivity contribution in [2.75, 3.05) is 6.54 Å². The van der Waals surface area contributed by atoms with Crippen LogP contribution in [0.25, 0.3) is 11.1 Å². The zero-order valence-electron chi connectivity index (χ0n) is 20.6. The number of benzene rings is 3. The van der Waals surface area contributed by atoms with Gasteiger partial charge in [-0.15, -0.1) is 13.2 Å². The molecule has 3 atom stereocenters. The van der Waals surface area contributed by atoms with Crippen molar-refractivity contribution in [3.63, 3.8) is 0 Å². The maximum Gasteiger partial charge on any atom is 0.573 e. The van der Waals surface area contributed by atoms with E-state index in [4.69, 9.17) is 11.6 Å². The third kappa shape index (κ3) is 7.08. The van der Waals surface area contributed by atoms with Gasteiger partial charge in [-0.1, -0.05) is 66.2 Å². The van der Waals surface area contributed by atoms with E-state index in [0.717, 1.165) is 5.56 Å². The lowest BCUT2D eigenvalue weighted by Crippen LogP contribution is -2.50. The number of alkyl halides is 3. The number of rotatable bonds is 8. The van der Waals surface area contributed by atoms with Crippen LogP contribution in [0.1, 0.15) is 30.0 Å². The van der Waals surface area contributed by atoms with Gasteiger partial charge >= 0.3 is 6.36 Å². The Morgan fingerprint density at radius 2 is 1.74 bits per heavy atom. The minimum absolute atomic E-state index is 0.0490. The fourth-order valence-corrected chi connectivity index (χ4v) is 4.75. The van der Waals surface area contributed by atoms with Crippen molar-refractivity contribution in [2.24, 2.45) is 0 Å². The number of hydrogen-bond donors (Lipinski definition) is 3. The van der Waals surface area contributed by atoms with E-state index in [-0.39, 0.29) is 23.9 Å². The molecular formula is C28H26ClF3N2O5. The molecule has 0 radical (unpaired) electrons. The van der Waals surface area contributed by atoms with Gasteiger partial charge in [-0.2, -0.15) is 0 Å². The molecular weight excluding hydrogens is 537 g/mol. The predicted molar refractivity (Wildman–Crippen MR) is 138 cm³/mol. The molecule has 206 valence electrons. The second-order valence-corrected chi connectivity index (χ2v) is 9.53. The molecule has 1 aliphatic rings. The van der Waals surface area contributed by atoms with Crippen LogP contribution < -0.4 is 10.1 Å². The van der Waals surface area contributed by atoms with Crippen molar-refractivity contribution < 1.29 is 37.7 Å². The first-order valence-electron chi connectivity index (χ1n) is 12.2. The zero-order chi connectivity index (χ0) is 28.2. The first kappa shape index (κ1) is 28.4. The first-order chi connectivity index (χ1) is 18.5. The lowest BCUT2D eigenvalue weighted by atomic mass is 10.0. The normalized spacial score (nSPS) is 17.0. The average Bonchev–Trinajstić information content (AvgIpc) is 3.40. The van der Waals surface area contributed by atoms with Crippen molar-refractivity contribution in [2.45, 2.75) is 44.0 Å². The van der Waals surface area contributed by atoms with E-state index >= 15 is 0 Å². The van der Waals surface area contributed by atoms with Crippen LogP contribution in [0.5, 0.6) is 5.75 Å².